The van der Waals surface area contributed by atoms with Crippen LogP contribution in [-0.4, -0.2) is 52.4 Å². The second-order valence-electron chi connectivity index (χ2n) is 8.31. The van der Waals surface area contributed by atoms with Crippen LogP contribution in [0.1, 0.15) is 36.9 Å². The molecule has 174 valence electrons. The molecule has 2 N–H and O–H groups in total. The molecule has 0 spiro atoms. The van der Waals surface area contributed by atoms with Crippen molar-refractivity contribution in [1.29, 1.82) is 0 Å². The number of nitrogens with zero attached hydrogens (tertiary/aromatic N) is 3. The number of rotatable bonds is 6. The standard InChI is InChI=1S/C25H35N5O.HI/c1-20(21-9-7-10-23(18-21)29-12-5-6-13-29)28-25(26-2)27-19-22-8-3-4-11-24(22)30-14-16-31-17-15-30;/h3-4,7-11,18,20H,5-6,12-17,19H2,1-2H3,(H2,26,27,28);1H. The van der Waals surface area contributed by atoms with Crippen molar-refractivity contribution < 1.29 is 4.74 Å². The molecular formula is C25H36IN5O. The van der Waals surface area contributed by atoms with Gasteiger partial charge in [-0.05, 0) is 49.1 Å². The molecule has 0 bridgehead atoms. The molecule has 0 aromatic heterocycles. The molecular weight excluding hydrogens is 513 g/mol. The Kier molecular flexibility index (Phi) is 9.47. The highest BCUT2D eigenvalue weighted by Gasteiger charge is 2.16. The molecule has 4 rings (SSSR count). The lowest BCUT2D eigenvalue weighted by atomic mass is 10.1. The Labute approximate surface area is 209 Å². The molecule has 0 radical (unpaired) electrons. The van der Waals surface area contributed by atoms with Crippen LogP contribution < -0.4 is 20.4 Å². The average Bonchev–Trinajstić information content (AvgIpc) is 3.37. The fraction of sp³-hybridized carbons (Fsp3) is 0.480. The van der Waals surface area contributed by atoms with Crippen molar-refractivity contribution in [2.75, 3.05) is 56.2 Å². The van der Waals surface area contributed by atoms with Gasteiger partial charge >= 0.3 is 0 Å². The number of morpholine rings is 1. The van der Waals surface area contributed by atoms with Gasteiger partial charge in [0.15, 0.2) is 5.96 Å². The minimum absolute atomic E-state index is 0. The van der Waals surface area contributed by atoms with E-state index in [0.717, 1.165) is 51.9 Å². The summed E-state index contributed by atoms with van der Waals surface area (Å²) in [5.41, 5.74) is 5.16. The molecule has 32 heavy (non-hydrogen) atoms. The largest absolute Gasteiger partial charge is 0.378 e. The van der Waals surface area contributed by atoms with Crippen molar-refractivity contribution in [3.8, 4) is 0 Å². The number of anilines is 2. The molecule has 7 heteroatoms. The van der Waals surface area contributed by atoms with Crippen molar-refractivity contribution in [3.05, 3.63) is 59.7 Å². The zero-order valence-corrected chi connectivity index (χ0v) is 21.5. The Morgan fingerprint density at radius 1 is 1.00 bits per heavy atom. The average molecular weight is 550 g/mol. The Balaban J connectivity index is 0.00000289. The van der Waals surface area contributed by atoms with Crippen LogP contribution in [0.15, 0.2) is 53.5 Å². The summed E-state index contributed by atoms with van der Waals surface area (Å²) in [4.78, 5) is 9.35. The molecule has 2 fully saturated rings. The number of para-hydroxylation sites is 1. The zero-order chi connectivity index (χ0) is 21.5. The lowest BCUT2D eigenvalue weighted by Gasteiger charge is -2.30. The first kappa shape index (κ1) is 24.6. The number of hydrogen-bond acceptors (Lipinski definition) is 4. The van der Waals surface area contributed by atoms with Crippen molar-refractivity contribution >= 4 is 41.3 Å². The van der Waals surface area contributed by atoms with Crippen molar-refractivity contribution in [2.24, 2.45) is 4.99 Å². The SMILES string of the molecule is CN=C(NCc1ccccc1N1CCOCC1)NC(C)c1cccc(N2CCCC2)c1.I. The van der Waals surface area contributed by atoms with Crippen molar-refractivity contribution in [2.45, 2.75) is 32.4 Å². The van der Waals surface area contributed by atoms with Gasteiger partial charge in [0.05, 0.1) is 19.3 Å². The first-order valence-electron chi connectivity index (χ1n) is 11.5. The summed E-state index contributed by atoms with van der Waals surface area (Å²) >= 11 is 0. The predicted molar refractivity (Wildman–Crippen MR) is 145 cm³/mol. The molecule has 2 saturated heterocycles. The second kappa shape index (κ2) is 12.3. The number of benzene rings is 2. The molecule has 0 aliphatic carbocycles. The summed E-state index contributed by atoms with van der Waals surface area (Å²) in [6, 6.07) is 17.7. The van der Waals surface area contributed by atoms with E-state index in [9.17, 15) is 0 Å². The van der Waals surface area contributed by atoms with Gasteiger partial charge in [0.25, 0.3) is 0 Å². The summed E-state index contributed by atoms with van der Waals surface area (Å²) in [6.45, 7) is 8.71. The predicted octanol–water partition coefficient (Wildman–Crippen LogP) is 4.17. The van der Waals surface area contributed by atoms with Crippen LogP contribution in [0.2, 0.25) is 0 Å². The van der Waals surface area contributed by atoms with E-state index in [-0.39, 0.29) is 30.0 Å². The van der Waals surface area contributed by atoms with E-state index >= 15 is 0 Å². The van der Waals surface area contributed by atoms with E-state index in [1.165, 1.54) is 35.3 Å². The first-order valence-corrected chi connectivity index (χ1v) is 11.5. The number of aliphatic imine (C=N–C) groups is 1. The highest BCUT2D eigenvalue weighted by Crippen LogP contribution is 2.24. The minimum Gasteiger partial charge on any atom is -0.378 e. The summed E-state index contributed by atoms with van der Waals surface area (Å²) < 4.78 is 5.51. The fourth-order valence-corrected chi connectivity index (χ4v) is 4.40. The van der Waals surface area contributed by atoms with E-state index in [2.05, 4.69) is 80.9 Å². The van der Waals surface area contributed by atoms with Gasteiger partial charge in [0.2, 0.25) is 0 Å². The molecule has 2 aliphatic heterocycles. The van der Waals surface area contributed by atoms with E-state index in [4.69, 9.17) is 4.74 Å². The maximum atomic E-state index is 5.51. The lowest BCUT2D eigenvalue weighted by Crippen LogP contribution is -2.39. The van der Waals surface area contributed by atoms with E-state index < -0.39 is 0 Å². The molecule has 2 aliphatic rings. The quantitative estimate of drug-likeness (QED) is 0.322. The van der Waals surface area contributed by atoms with Gasteiger partial charge in [-0.25, -0.2) is 0 Å². The molecule has 0 amide bonds. The number of nitrogens with one attached hydrogen (secondary N) is 2. The van der Waals surface area contributed by atoms with Gasteiger partial charge in [-0.2, -0.15) is 0 Å². The van der Waals surface area contributed by atoms with E-state index in [1.54, 1.807) is 0 Å². The minimum atomic E-state index is 0. The van der Waals surface area contributed by atoms with Crippen LogP contribution >= 0.6 is 24.0 Å². The highest BCUT2D eigenvalue weighted by molar-refractivity contribution is 14.0. The Bertz CT molecular complexity index is 878. The Morgan fingerprint density at radius 3 is 2.50 bits per heavy atom. The van der Waals surface area contributed by atoms with Crippen molar-refractivity contribution in [3.63, 3.8) is 0 Å². The molecule has 1 atom stereocenters. The Morgan fingerprint density at radius 2 is 1.75 bits per heavy atom. The first-order chi connectivity index (χ1) is 15.2. The third-order valence-corrected chi connectivity index (χ3v) is 6.21. The van der Waals surface area contributed by atoms with E-state index in [0.29, 0.717) is 0 Å². The molecule has 6 nitrogen and oxygen atoms in total. The fourth-order valence-electron chi connectivity index (χ4n) is 4.40. The normalized spacial score (nSPS) is 17.6. The van der Waals surface area contributed by atoms with Crippen LogP contribution in [0.4, 0.5) is 11.4 Å². The monoisotopic (exact) mass is 549 g/mol. The van der Waals surface area contributed by atoms with Crippen LogP contribution in [0, 0.1) is 0 Å². The van der Waals surface area contributed by atoms with Crippen LogP contribution in [-0.2, 0) is 11.3 Å². The third-order valence-electron chi connectivity index (χ3n) is 6.21. The van der Waals surface area contributed by atoms with Crippen molar-refractivity contribution in [1.82, 2.24) is 10.6 Å². The number of guanidine groups is 1. The second-order valence-corrected chi connectivity index (χ2v) is 8.31. The summed E-state index contributed by atoms with van der Waals surface area (Å²) in [7, 11) is 1.83. The number of halogens is 1. The maximum absolute atomic E-state index is 5.51. The van der Waals surface area contributed by atoms with Gasteiger partial charge in [-0.3, -0.25) is 4.99 Å². The topological polar surface area (TPSA) is 52.1 Å². The molecule has 2 aromatic carbocycles. The molecule has 2 heterocycles. The maximum Gasteiger partial charge on any atom is 0.191 e. The van der Waals surface area contributed by atoms with Crippen LogP contribution in [0.3, 0.4) is 0 Å². The van der Waals surface area contributed by atoms with Gasteiger partial charge < -0.3 is 25.2 Å². The Hall–Kier alpha value is -2.00. The summed E-state index contributed by atoms with van der Waals surface area (Å²) in [5, 5.41) is 7.06. The van der Waals surface area contributed by atoms with Gasteiger partial charge in [0, 0.05) is 51.1 Å². The van der Waals surface area contributed by atoms with E-state index in [1.807, 2.05) is 7.05 Å². The lowest BCUT2D eigenvalue weighted by molar-refractivity contribution is 0.122. The molecule has 1 unspecified atom stereocenters. The smallest absolute Gasteiger partial charge is 0.191 e. The highest BCUT2D eigenvalue weighted by atomic mass is 127. The van der Waals surface area contributed by atoms with Gasteiger partial charge in [0.1, 0.15) is 0 Å². The van der Waals surface area contributed by atoms with Crippen LogP contribution in [0.25, 0.3) is 0 Å². The molecule has 0 saturated carbocycles. The van der Waals surface area contributed by atoms with Gasteiger partial charge in [-0.1, -0.05) is 30.3 Å². The third kappa shape index (κ3) is 6.28. The number of ether oxygens (including phenoxy) is 1. The zero-order valence-electron chi connectivity index (χ0n) is 19.2. The van der Waals surface area contributed by atoms with Crippen LogP contribution in [0.5, 0.6) is 0 Å². The number of hydrogen-bond donors (Lipinski definition) is 2. The summed E-state index contributed by atoms with van der Waals surface area (Å²) in [5.74, 6) is 0.816. The van der Waals surface area contributed by atoms with Gasteiger partial charge in [-0.15, -0.1) is 24.0 Å². The summed E-state index contributed by atoms with van der Waals surface area (Å²) in [6.07, 6.45) is 2.58. The molecule has 2 aromatic rings.